The summed E-state index contributed by atoms with van der Waals surface area (Å²) in [6.07, 6.45) is 2.06. The van der Waals surface area contributed by atoms with E-state index in [0.29, 0.717) is 12.1 Å². The summed E-state index contributed by atoms with van der Waals surface area (Å²) < 4.78 is 0. The Hall–Kier alpha value is -2.47. The van der Waals surface area contributed by atoms with Crippen molar-refractivity contribution >= 4 is 11.5 Å². The topological polar surface area (TPSA) is 88.3 Å². The third-order valence-corrected chi connectivity index (χ3v) is 2.85. The van der Waals surface area contributed by atoms with Crippen LogP contribution in [0.3, 0.4) is 0 Å². The lowest BCUT2D eigenvalue weighted by Gasteiger charge is -2.16. The number of aliphatic hydroxyl groups is 1. The van der Waals surface area contributed by atoms with E-state index in [4.69, 9.17) is 0 Å². The van der Waals surface area contributed by atoms with E-state index in [9.17, 15) is 15.2 Å². The van der Waals surface area contributed by atoms with Crippen molar-refractivity contribution in [3.8, 4) is 0 Å². The van der Waals surface area contributed by atoms with Crippen LogP contribution in [0.25, 0.3) is 0 Å². The van der Waals surface area contributed by atoms with Crippen LogP contribution in [0.1, 0.15) is 5.56 Å². The largest absolute Gasteiger partial charge is 0.394 e. The van der Waals surface area contributed by atoms with Crippen LogP contribution >= 0.6 is 0 Å². The molecule has 0 radical (unpaired) electrons. The van der Waals surface area contributed by atoms with Crippen LogP contribution in [0, 0.1) is 10.1 Å². The molecule has 2 aromatic rings. The lowest BCUT2D eigenvalue weighted by molar-refractivity contribution is -0.389. The molecule has 1 heterocycles. The van der Waals surface area contributed by atoms with E-state index in [1.165, 1.54) is 12.3 Å². The number of nitro groups is 1. The maximum Gasteiger partial charge on any atom is 0.363 e. The molecule has 1 unspecified atom stereocenters. The lowest BCUT2D eigenvalue weighted by Crippen LogP contribution is -2.26. The molecule has 0 spiro atoms. The molecule has 0 fully saturated rings. The summed E-state index contributed by atoms with van der Waals surface area (Å²) in [6, 6.07) is 12.5. The average molecular weight is 273 g/mol. The van der Waals surface area contributed by atoms with Crippen molar-refractivity contribution in [1.82, 2.24) is 4.98 Å². The number of hydrogen-bond donors (Lipinski definition) is 2. The third-order valence-electron chi connectivity index (χ3n) is 2.85. The smallest absolute Gasteiger partial charge is 0.363 e. The first-order valence-corrected chi connectivity index (χ1v) is 6.21. The third kappa shape index (κ3) is 3.76. The van der Waals surface area contributed by atoms with Gasteiger partial charge in [0.2, 0.25) is 0 Å². The SMILES string of the molecule is O=[N+]([O-])c1ccc(NC(CO)Cc2ccccc2)cn1. The van der Waals surface area contributed by atoms with Crippen LogP contribution < -0.4 is 5.32 Å². The fourth-order valence-electron chi connectivity index (χ4n) is 1.87. The molecule has 0 amide bonds. The Morgan fingerprint density at radius 2 is 2.00 bits per heavy atom. The first kappa shape index (κ1) is 14.0. The predicted molar refractivity (Wildman–Crippen MR) is 75.5 cm³/mol. The van der Waals surface area contributed by atoms with E-state index >= 15 is 0 Å². The zero-order valence-electron chi connectivity index (χ0n) is 10.8. The van der Waals surface area contributed by atoms with Crippen LogP contribution in [0.2, 0.25) is 0 Å². The number of anilines is 1. The summed E-state index contributed by atoms with van der Waals surface area (Å²) in [5.74, 6) is -0.195. The van der Waals surface area contributed by atoms with Crippen LogP contribution in [0.15, 0.2) is 48.7 Å². The Bertz CT molecular complexity index is 558. The van der Waals surface area contributed by atoms with Gasteiger partial charge < -0.3 is 20.5 Å². The molecule has 1 atom stereocenters. The Labute approximate surface area is 116 Å². The Kier molecular flexibility index (Phi) is 4.62. The Morgan fingerprint density at radius 3 is 2.55 bits per heavy atom. The molecule has 6 nitrogen and oxygen atoms in total. The van der Waals surface area contributed by atoms with E-state index in [0.717, 1.165) is 5.56 Å². The molecule has 0 saturated heterocycles. The van der Waals surface area contributed by atoms with Gasteiger partial charge in [-0.2, -0.15) is 0 Å². The molecular formula is C14H15N3O3. The van der Waals surface area contributed by atoms with Crippen LogP contribution in [0.4, 0.5) is 11.5 Å². The lowest BCUT2D eigenvalue weighted by atomic mass is 10.1. The number of nitrogens with zero attached hydrogens (tertiary/aromatic N) is 2. The van der Waals surface area contributed by atoms with Crippen LogP contribution in [-0.4, -0.2) is 27.7 Å². The molecule has 0 aliphatic carbocycles. The zero-order valence-corrected chi connectivity index (χ0v) is 10.8. The molecule has 0 saturated carbocycles. The maximum atomic E-state index is 10.5. The highest BCUT2D eigenvalue weighted by molar-refractivity contribution is 5.44. The zero-order chi connectivity index (χ0) is 14.4. The van der Waals surface area contributed by atoms with Crippen molar-refractivity contribution in [2.45, 2.75) is 12.5 Å². The van der Waals surface area contributed by atoms with Crippen LogP contribution in [-0.2, 0) is 6.42 Å². The molecule has 0 aliphatic heterocycles. The monoisotopic (exact) mass is 273 g/mol. The van der Waals surface area contributed by atoms with Gasteiger partial charge in [-0.25, -0.2) is 0 Å². The summed E-state index contributed by atoms with van der Waals surface area (Å²) in [5.41, 5.74) is 1.75. The first-order valence-electron chi connectivity index (χ1n) is 6.21. The number of hydrogen-bond acceptors (Lipinski definition) is 5. The summed E-state index contributed by atoms with van der Waals surface area (Å²) in [4.78, 5) is 13.7. The highest BCUT2D eigenvalue weighted by Crippen LogP contribution is 2.14. The highest BCUT2D eigenvalue weighted by atomic mass is 16.6. The Balaban J connectivity index is 2.01. The van der Waals surface area contributed by atoms with Gasteiger partial charge in [0, 0.05) is 6.07 Å². The van der Waals surface area contributed by atoms with Gasteiger partial charge in [0.05, 0.1) is 18.3 Å². The summed E-state index contributed by atoms with van der Waals surface area (Å²) >= 11 is 0. The van der Waals surface area contributed by atoms with Gasteiger partial charge in [-0.1, -0.05) is 30.3 Å². The molecule has 2 rings (SSSR count). The second kappa shape index (κ2) is 6.63. The summed E-state index contributed by atoms with van der Waals surface area (Å²) in [7, 11) is 0. The van der Waals surface area contributed by atoms with Gasteiger partial charge in [-0.15, -0.1) is 0 Å². The van der Waals surface area contributed by atoms with E-state index in [2.05, 4.69) is 10.3 Å². The average Bonchev–Trinajstić information content (AvgIpc) is 2.48. The normalized spacial score (nSPS) is 11.8. The number of nitrogens with one attached hydrogen (secondary N) is 1. The summed E-state index contributed by atoms with van der Waals surface area (Å²) in [5, 5.41) is 23.0. The van der Waals surface area contributed by atoms with Gasteiger partial charge in [0.1, 0.15) is 0 Å². The van der Waals surface area contributed by atoms with Crippen molar-refractivity contribution in [3.05, 3.63) is 64.3 Å². The van der Waals surface area contributed by atoms with E-state index < -0.39 is 4.92 Å². The maximum absolute atomic E-state index is 10.5. The Morgan fingerprint density at radius 1 is 1.25 bits per heavy atom. The van der Waals surface area contributed by atoms with Crippen molar-refractivity contribution < 1.29 is 10.0 Å². The minimum Gasteiger partial charge on any atom is -0.394 e. The van der Waals surface area contributed by atoms with Gasteiger partial charge in [0.15, 0.2) is 6.20 Å². The van der Waals surface area contributed by atoms with Gasteiger partial charge in [-0.3, -0.25) is 0 Å². The number of benzene rings is 1. The van der Waals surface area contributed by atoms with E-state index in [1.807, 2.05) is 30.3 Å². The highest BCUT2D eigenvalue weighted by Gasteiger charge is 2.11. The molecule has 2 N–H and O–H groups in total. The van der Waals surface area contributed by atoms with Crippen LogP contribution in [0.5, 0.6) is 0 Å². The van der Waals surface area contributed by atoms with Crippen molar-refractivity contribution in [2.24, 2.45) is 0 Å². The minimum atomic E-state index is -0.544. The number of aliphatic hydroxyl groups excluding tert-OH is 1. The second-order valence-corrected chi connectivity index (χ2v) is 4.38. The number of rotatable bonds is 6. The predicted octanol–water partition coefficient (Wildman–Crippen LogP) is 2.01. The second-order valence-electron chi connectivity index (χ2n) is 4.38. The van der Waals surface area contributed by atoms with Gasteiger partial charge in [-0.05, 0) is 28.0 Å². The number of aromatic nitrogens is 1. The standard InChI is InChI=1S/C14H15N3O3/c18-10-13(8-11-4-2-1-3-5-11)16-12-6-7-14(15-9-12)17(19)20/h1-7,9,13,16,18H,8,10H2. The molecular weight excluding hydrogens is 258 g/mol. The van der Waals surface area contributed by atoms with Crippen molar-refractivity contribution in [3.63, 3.8) is 0 Å². The first-order chi connectivity index (χ1) is 9.69. The quantitative estimate of drug-likeness (QED) is 0.621. The van der Waals surface area contributed by atoms with Gasteiger partial charge in [0.25, 0.3) is 0 Å². The van der Waals surface area contributed by atoms with Crippen molar-refractivity contribution in [1.29, 1.82) is 0 Å². The molecule has 104 valence electrons. The molecule has 1 aromatic heterocycles. The fraction of sp³-hybridized carbons (Fsp3) is 0.214. The molecule has 0 aliphatic rings. The molecule has 1 aromatic carbocycles. The van der Waals surface area contributed by atoms with E-state index in [1.54, 1.807) is 6.07 Å². The van der Waals surface area contributed by atoms with Crippen molar-refractivity contribution in [2.75, 3.05) is 11.9 Å². The van der Waals surface area contributed by atoms with E-state index in [-0.39, 0.29) is 18.5 Å². The summed E-state index contributed by atoms with van der Waals surface area (Å²) in [6.45, 7) is -0.0358. The minimum absolute atomic E-state index is 0.0358. The fourth-order valence-corrected chi connectivity index (χ4v) is 1.87. The molecule has 20 heavy (non-hydrogen) atoms. The van der Waals surface area contributed by atoms with Gasteiger partial charge >= 0.3 is 5.82 Å². The molecule has 6 heteroatoms. The number of pyridine rings is 1. The molecule has 0 bridgehead atoms.